The lowest BCUT2D eigenvalue weighted by Gasteiger charge is -2.25. The molecule has 0 atom stereocenters. The average Bonchev–Trinajstić information content (AvgIpc) is 2.25. The van der Waals surface area contributed by atoms with Crippen molar-refractivity contribution in [2.24, 2.45) is 5.73 Å². The molecule has 1 rings (SSSR count). The summed E-state index contributed by atoms with van der Waals surface area (Å²) in [5, 5.41) is 0. The zero-order chi connectivity index (χ0) is 15.6. The zero-order valence-corrected chi connectivity index (χ0v) is 12.8. The highest BCUT2D eigenvalue weighted by Crippen LogP contribution is 2.22. The molecule has 1 amide bonds. The van der Waals surface area contributed by atoms with Gasteiger partial charge in [-0.05, 0) is 38.0 Å². The predicted molar refractivity (Wildman–Crippen MR) is 78.4 cm³/mol. The minimum atomic E-state index is -3.77. The monoisotopic (exact) mass is 299 g/mol. The fraction of sp³-hybridized carbons (Fsp3) is 0.462. The van der Waals surface area contributed by atoms with Gasteiger partial charge in [-0.2, -0.15) is 0 Å². The van der Waals surface area contributed by atoms with Crippen LogP contribution in [-0.4, -0.2) is 19.9 Å². The molecule has 0 spiro atoms. The molecular formula is C13H21N3O3S. The molecule has 0 aliphatic carbocycles. The topological polar surface area (TPSA) is 115 Å². The van der Waals surface area contributed by atoms with Crippen LogP contribution in [0.4, 0.5) is 5.69 Å². The van der Waals surface area contributed by atoms with Crippen LogP contribution in [0.5, 0.6) is 0 Å². The molecule has 0 saturated heterocycles. The van der Waals surface area contributed by atoms with Gasteiger partial charge in [-0.25, -0.2) is 13.1 Å². The van der Waals surface area contributed by atoms with Crippen molar-refractivity contribution in [3.05, 3.63) is 23.8 Å². The van der Waals surface area contributed by atoms with Crippen LogP contribution < -0.4 is 16.2 Å². The number of nitrogen functional groups attached to an aromatic ring is 1. The Labute approximate surface area is 119 Å². The largest absolute Gasteiger partial charge is 0.399 e. The number of aryl methyl sites for hydroxylation is 1. The number of sulfonamides is 1. The van der Waals surface area contributed by atoms with Gasteiger partial charge in [0.15, 0.2) is 0 Å². The van der Waals surface area contributed by atoms with Crippen LogP contribution in [0.1, 0.15) is 32.8 Å². The number of hydrogen-bond donors (Lipinski definition) is 3. The highest BCUT2D eigenvalue weighted by atomic mass is 32.2. The van der Waals surface area contributed by atoms with Gasteiger partial charge < -0.3 is 11.5 Å². The molecule has 0 bridgehead atoms. The van der Waals surface area contributed by atoms with Gasteiger partial charge in [-0.1, -0.05) is 13.0 Å². The summed E-state index contributed by atoms with van der Waals surface area (Å²) in [6.45, 7) is 5.07. The van der Waals surface area contributed by atoms with E-state index in [0.717, 1.165) is 0 Å². The lowest BCUT2D eigenvalue weighted by molar-refractivity contribution is -0.119. The minimum Gasteiger partial charge on any atom is -0.399 e. The second-order valence-corrected chi connectivity index (χ2v) is 7.00. The van der Waals surface area contributed by atoms with Crippen molar-refractivity contribution >= 4 is 21.6 Å². The normalized spacial score (nSPS) is 12.3. The van der Waals surface area contributed by atoms with Crippen LogP contribution >= 0.6 is 0 Å². The molecule has 20 heavy (non-hydrogen) atoms. The number of amides is 1. The van der Waals surface area contributed by atoms with E-state index in [1.165, 1.54) is 6.07 Å². The Morgan fingerprint density at radius 1 is 1.35 bits per heavy atom. The first-order valence-corrected chi connectivity index (χ1v) is 7.76. The molecule has 0 radical (unpaired) electrons. The van der Waals surface area contributed by atoms with Gasteiger partial charge in [0, 0.05) is 17.6 Å². The van der Waals surface area contributed by atoms with Crippen LogP contribution in [0.15, 0.2) is 23.1 Å². The third kappa shape index (κ3) is 4.21. The quantitative estimate of drug-likeness (QED) is 0.673. The number of nitrogens with one attached hydrogen (secondary N) is 1. The fourth-order valence-corrected chi connectivity index (χ4v) is 3.76. The summed E-state index contributed by atoms with van der Waals surface area (Å²) in [6.07, 6.45) is 0.475. The van der Waals surface area contributed by atoms with Gasteiger partial charge in [0.2, 0.25) is 15.9 Å². The number of rotatable bonds is 6. The molecule has 0 unspecified atom stereocenters. The fourth-order valence-electron chi connectivity index (χ4n) is 2.00. The summed E-state index contributed by atoms with van der Waals surface area (Å²) in [5.41, 5.74) is 10.9. The van der Waals surface area contributed by atoms with Gasteiger partial charge >= 0.3 is 0 Å². The molecule has 1 aromatic rings. The third-order valence-electron chi connectivity index (χ3n) is 2.79. The van der Waals surface area contributed by atoms with Gasteiger partial charge in [-0.15, -0.1) is 0 Å². The third-order valence-corrected chi connectivity index (χ3v) is 4.57. The summed E-state index contributed by atoms with van der Waals surface area (Å²) in [7, 11) is -3.77. The van der Waals surface area contributed by atoms with Crippen molar-refractivity contribution in [3.8, 4) is 0 Å². The Morgan fingerprint density at radius 3 is 2.45 bits per heavy atom. The van der Waals surface area contributed by atoms with Crippen molar-refractivity contribution in [3.63, 3.8) is 0 Å². The molecule has 0 saturated carbocycles. The Kier molecular flexibility index (Phi) is 4.77. The maximum atomic E-state index is 12.4. The second-order valence-electron chi connectivity index (χ2n) is 5.35. The van der Waals surface area contributed by atoms with E-state index in [1.807, 2.05) is 6.92 Å². The Morgan fingerprint density at radius 2 is 1.95 bits per heavy atom. The number of carbonyl (C=O) groups is 1. The lowest BCUT2D eigenvalue weighted by atomic mass is 10.0. The molecule has 6 nitrogen and oxygen atoms in total. The smallest absolute Gasteiger partial charge is 0.241 e. The van der Waals surface area contributed by atoms with E-state index in [-0.39, 0.29) is 11.3 Å². The number of anilines is 1. The Bertz CT molecular complexity index is 609. The maximum Gasteiger partial charge on any atom is 0.241 e. The van der Waals surface area contributed by atoms with E-state index in [1.54, 1.807) is 26.0 Å². The molecule has 112 valence electrons. The number of nitrogens with two attached hydrogens (primary N) is 2. The molecule has 1 aromatic carbocycles. The first-order valence-electron chi connectivity index (χ1n) is 6.28. The van der Waals surface area contributed by atoms with Crippen LogP contribution in [0.25, 0.3) is 0 Å². The van der Waals surface area contributed by atoms with Crippen LogP contribution in [-0.2, 0) is 21.2 Å². The molecular weight excluding hydrogens is 278 g/mol. The molecule has 0 heterocycles. The SMILES string of the molecule is CCc1ccc(N)cc1S(=O)(=O)NC(C)(C)CC(N)=O. The lowest BCUT2D eigenvalue weighted by Crippen LogP contribution is -2.46. The number of carbonyl (C=O) groups excluding carboxylic acids is 1. The average molecular weight is 299 g/mol. The zero-order valence-electron chi connectivity index (χ0n) is 11.9. The van der Waals surface area contributed by atoms with Crippen molar-refractivity contribution in [2.45, 2.75) is 44.0 Å². The van der Waals surface area contributed by atoms with Crippen LogP contribution in [0.2, 0.25) is 0 Å². The minimum absolute atomic E-state index is 0.0873. The van der Waals surface area contributed by atoms with Gasteiger partial charge in [-0.3, -0.25) is 4.79 Å². The van der Waals surface area contributed by atoms with E-state index in [0.29, 0.717) is 17.7 Å². The Hall–Kier alpha value is -1.60. The summed E-state index contributed by atoms with van der Waals surface area (Å²) < 4.78 is 27.4. The summed E-state index contributed by atoms with van der Waals surface area (Å²) in [4.78, 5) is 11.1. The first-order chi connectivity index (χ1) is 9.07. The van der Waals surface area contributed by atoms with Crippen molar-refractivity contribution in [2.75, 3.05) is 5.73 Å². The highest BCUT2D eigenvalue weighted by Gasteiger charge is 2.29. The molecule has 0 fully saturated rings. The van der Waals surface area contributed by atoms with Gasteiger partial charge in [0.1, 0.15) is 0 Å². The number of hydrogen-bond acceptors (Lipinski definition) is 4. The Balaban J connectivity index is 3.17. The van der Waals surface area contributed by atoms with E-state index < -0.39 is 21.5 Å². The van der Waals surface area contributed by atoms with Crippen molar-refractivity contribution in [1.29, 1.82) is 0 Å². The molecule has 7 heteroatoms. The van der Waals surface area contributed by atoms with Crippen LogP contribution in [0, 0.1) is 0 Å². The van der Waals surface area contributed by atoms with E-state index in [2.05, 4.69) is 4.72 Å². The summed E-state index contributed by atoms with van der Waals surface area (Å²) in [5.74, 6) is -0.569. The number of primary amides is 1. The molecule has 0 aromatic heterocycles. The molecule has 5 N–H and O–H groups in total. The van der Waals surface area contributed by atoms with Crippen molar-refractivity contribution < 1.29 is 13.2 Å². The van der Waals surface area contributed by atoms with Gasteiger partial charge in [0.25, 0.3) is 0 Å². The van der Waals surface area contributed by atoms with E-state index >= 15 is 0 Å². The highest BCUT2D eigenvalue weighted by molar-refractivity contribution is 7.89. The number of benzene rings is 1. The molecule has 0 aliphatic heterocycles. The summed E-state index contributed by atoms with van der Waals surface area (Å²) >= 11 is 0. The standard InChI is InChI=1S/C13H21N3O3S/c1-4-9-5-6-10(14)7-11(9)20(18,19)16-13(2,3)8-12(15)17/h5-7,16H,4,8,14H2,1-3H3,(H2,15,17). The molecule has 0 aliphatic rings. The van der Waals surface area contributed by atoms with Gasteiger partial charge in [0.05, 0.1) is 4.90 Å². The van der Waals surface area contributed by atoms with E-state index in [9.17, 15) is 13.2 Å². The van der Waals surface area contributed by atoms with Crippen LogP contribution in [0.3, 0.4) is 0 Å². The summed E-state index contributed by atoms with van der Waals surface area (Å²) in [6, 6.07) is 4.76. The predicted octanol–water partition coefficient (Wildman–Crippen LogP) is 0.764. The second kappa shape index (κ2) is 5.80. The van der Waals surface area contributed by atoms with E-state index in [4.69, 9.17) is 11.5 Å². The van der Waals surface area contributed by atoms with Crippen molar-refractivity contribution in [1.82, 2.24) is 4.72 Å². The maximum absolute atomic E-state index is 12.4. The first kappa shape index (κ1) is 16.5.